The number of hydrogen-bond donors (Lipinski definition) is 1. The third kappa shape index (κ3) is 5.53. The molecule has 1 N–H and O–H groups in total. The lowest BCUT2D eigenvalue weighted by Gasteiger charge is -2.12. The number of benzene rings is 4. The molecule has 1 aromatic heterocycles. The highest BCUT2D eigenvalue weighted by atomic mass is 79.9. The number of aromatic nitrogens is 1. The van der Waals surface area contributed by atoms with E-state index in [4.69, 9.17) is 9.47 Å². The van der Waals surface area contributed by atoms with Crippen molar-refractivity contribution < 1.29 is 14.3 Å². The predicted octanol–water partition coefficient (Wildman–Crippen LogP) is 6.26. The summed E-state index contributed by atoms with van der Waals surface area (Å²) in [6, 6.07) is 29.3. The van der Waals surface area contributed by atoms with E-state index in [0.717, 1.165) is 31.8 Å². The summed E-state index contributed by atoms with van der Waals surface area (Å²) < 4.78 is 12.8. The van der Waals surface area contributed by atoms with Crippen LogP contribution in [0.25, 0.3) is 21.7 Å². The van der Waals surface area contributed by atoms with Crippen LogP contribution in [-0.2, 0) is 11.4 Å². The maximum Gasteiger partial charge on any atom is 0.277 e. The third-order valence-corrected chi connectivity index (χ3v) is 6.10. The van der Waals surface area contributed by atoms with Crippen molar-refractivity contribution in [1.29, 1.82) is 0 Å². The predicted molar refractivity (Wildman–Crippen MR) is 145 cm³/mol. The number of ether oxygens (including phenoxy) is 2. The number of hydrogen-bond acceptors (Lipinski definition) is 5. The zero-order valence-corrected chi connectivity index (χ0v) is 20.8. The first kappa shape index (κ1) is 23.5. The van der Waals surface area contributed by atoms with Gasteiger partial charge in [-0.2, -0.15) is 5.10 Å². The molecule has 4 aromatic carbocycles. The van der Waals surface area contributed by atoms with Gasteiger partial charge in [0.25, 0.3) is 5.91 Å². The van der Waals surface area contributed by atoms with Gasteiger partial charge in [-0.05, 0) is 46.7 Å². The van der Waals surface area contributed by atoms with Crippen LogP contribution in [0.3, 0.4) is 0 Å². The van der Waals surface area contributed by atoms with Crippen molar-refractivity contribution in [1.82, 2.24) is 10.4 Å². The van der Waals surface area contributed by atoms with Gasteiger partial charge >= 0.3 is 0 Å². The monoisotopic (exact) mass is 539 g/mol. The lowest BCUT2D eigenvalue weighted by molar-refractivity contribution is -0.123. The number of nitrogens with zero attached hydrogens (tertiary/aromatic N) is 2. The maximum absolute atomic E-state index is 12.4. The van der Waals surface area contributed by atoms with Gasteiger partial charge in [0, 0.05) is 21.6 Å². The Hall–Kier alpha value is -4.23. The molecule has 0 atom stereocenters. The van der Waals surface area contributed by atoms with E-state index in [9.17, 15) is 4.79 Å². The number of carbonyl (C=O) groups is 1. The lowest BCUT2D eigenvalue weighted by atomic mass is 10.0. The van der Waals surface area contributed by atoms with Crippen LogP contribution in [-0.4, -0.2) is 23.7 Å². The molecule has 0 aliphatic carbocycles. The molecule has 1 heterocycles. The Labute approximate surface area is 216 Å². The molecule has 0 fully saturated rings. The highest BCUT2D eigenvalue weighted by Crippen LogP contribution is 2.28. The molecular formula is C29H22BrN3O3. The Morgan fingerprint density at radius 2 is 1.67 bits per heavy atom. The summed E-state index contributed by atoms with van der Waals surface area (Å²) in [5, 5.41) is 7.15. The number of nitrogens with one attached hydrogen (secondary N) is 1. The second kappa shape index (κ2) is 11.0. The average molecular weight is 540 g/mol. The summed E-state index contributed by atoms with van der Waals surface area (Å²) in [6.45, 7) is 0.223. The third-order valence-electron chi connectivity index (χ3n) is 5.58. The van der Waals surface area contributed by atoms with Crippen molar-refractivity contribution in [3.63, 3.8) is 0 Å². The summed E-state index contributed by atoms with van der Waals surface area (Å²) in [5.74, 6) is 0.842. The van der Waals surface area contributed by atoms with Gasteiger partial charge in [0.05, 0.1) is 6.21 Å². The van der Waals surface area contributed by atoms with Crippen molar-refractivity contribution in [3.8, 4) is 11.5 Å². The Morgan fingerprint density at radius 3 is 2.56 bits per heavy atom. The number of pyridine rings is 1. The second-order valence-corrected chi connectivity index (χ2v) is 8.94. The van der Waals surface area contributed by atoms with E-state index in [2.05, 4.69) is 31.4 Å². The first-order chi connectivity index (χ1) is 17.7. The molecule has 0 spiro atoms. The molecule has 0 radical (unpaired) electrons. The van der Waals surface area contributed by atoms with Crippen LogP contribution in [0.1, 0.15) is 11.1 Å². The number of amides is 1. The first-order valence-electron chi connectivity index (χ1n) is 11.3. The van der Waals surface area contributed by atoms with Gasteiger partial charge in [-0.1, -0.05) is 76.6 Å². The highest BCUT2D eigenvalue weighted by Gasteiger charge is 2.09. The molecule has 7 heteroatoms. The topological polar surface area (TPSA) is 72.8 Å². The molecule has 0 unspecified atom stereocenters. The molecule has 0 bridgehead atoms. The second-order valence-electron chi connectivity index (χ2n) is 8.03. The van der Waals surface area contributed by atoms with Gasteiger partial charge in [-0.15, -0.1) is 0 Å². The van der Waals surface area contributed by atoms with Crippen LogP contribution >= 0.6 is 15.9 Å². The van der Waals surface area contributed by atoms with Gasteiger partial charge in [0.2, 0.25) is 0 Å². The van der Waals surface area contributed by atoms with E-state index in [0.29, 0.717) is 23.6 Å². The molecule has 178 valence electrons. The fourth-order valence-corrected chi connectivity index (χ4v) is 4.08. The van der Waals surface area contributed by atoms with Gasteiger partial charge in [-0.3, -0.25) is 9.78 Å². The molecular weight excluding hydrogens is 518 g/mol. The molecule has 0 aliphatic rings. The number of rotatable bonds is 8. The van der Waals surface area contributed by atoms with E-state index >= 15 is 0 Å². The zero-order valence-electron chi connectivity index (χ0n) is 19.2. The lowest BCUT2D eigenvalue weighted by Crippen LogP contribution is -2.24. The highest BCUT2D eigenvalue weighted by molar-refractivity contribution is 9.10. The first-order valence-corrected chi connectivity index (χ1v) is 12.1. The van der Waals surface area contributed by atoms with Crippen LogP contribution in [0.15, 0.2) is 107 Å². The molecule has 0 aliphatic heterocycles. The quantitative estimate of drug-likeness (QED) is 0.186. The summed E-state index contributed by atoms with van der Waals surface area (Å²) in [6.07, 6.45) is 3.30. The number of fused-ring (bicyclic) bond motifs is 2. The normalized spacial score (nSPS) is 11.1. The van der Waals surface area contributed by atoms with E-state index in [1.165, 1.54) is 0 Å². The summed E-state index contributed by atoms with van der Waals surface area (Å²) in [4.78, 5) is 16.8. The maximum atomic E-state index is 12.4. The fourth-order valence-electron chi connectivity index (χ4n) is 3.81. The molecule has 1 amide bonds. The summed E-state index contributed by atoms with van der Waals surface area (Å²) >= 11 is 3.45. The SMILES string of the molecule is O=C(COc1cccc2cccnc12)N/N=C/c1c(OCc2ccc(Br)cc2)ccc2ccccc12. The van der Waals surface area contributed by atoms with E-state index in [1.54, 1.807) is 18.5 Å². The molecule has 36 heavy (non-hydrogen) atoms. The summed E-state index contributed by atoms with van der Waals surface area (Å²) in [7, 11) is 0. The van der Waals surface area contributed by atoms with Crippen molar-refractivity contribution in [3.05, 3.63) is 113 Å². The van der Waals surface area contributed by atoms with Crippen LogP contribution in [0, 0.1) is 0 Å². The van der Waals surface area contributed by atoms with Crippen LogP contribution in [0.2, 0.25) is 0 Å². The van der Waals surface area contributed by atoms with Crippen molar-refractivity contribution in [2.45, 2.75) is 6.61 Å². The van der Waals surface area contributed by atoms with Gasteiger partial charge < -0.3 is 9.47 Å². The Morgan fingerprint density at radius 1 is 0.861 bits per heavy atom. The number of para-hydroxylation sites is 1. The Balaban J connectivity index is 1.29. The van der Waals surface area contributed by atoms with Crippen LogP contribution in [0.5, 0.6) is 11.5 Å². The largest absolute Gasteiger partial charge is 0.488 e. The van der Waals surface area contributed by atoms with Crippen LogP contribution in [0.4, 0.5) is 0 Å². The Kier molecular flexibility index (Phi) is 7.19. The molecule has 5 rings (SSSR count). The molecule has 0 saturated heterocycles. The van der Waals surface area contributed by atoms with Crippen molar-refractivity contribution in [2.75, 3.05) is 6.61 Å². The average Bonchev–Trinajstić information content (AvgIpc) is 2.92. The molecule has 5 aromatic rings. The molecule has 6 nitrogen and oxygen atoms in total. The van der Waals surface area contributed by atoms with Gasteiger partial charge in [-0.25, -0.2) is 5.43 Å². The van der Waals surface area contributed by atoms with Gasteiger partial charge in [0.1, 0.15) is 23.6 Å². The van der Waals surface area contributed by atoms with Crippen LogP contribution < -0.4 is 14.9 Å². The number of carbonyl (C=O) groups excluding carboxylic acids is 1. The minimum atomic E-state index is -0.378. The molecule has 0 saturated carbocycles. The van der Waals surface area contributed by atoms with E-state index in [1.807, 2.05) is 84.9 Å². The number of hydrazone groups is 1. The van der Waals surface area contributed by atoms with E-state index in [-0.39, 0.29) is 12.5 Å². The minimum Gasteiger partial charge on any atom is -0.488 e. The van der Waals surface area contributed by atoms with E-state index < -0.39 is 0 Å². The standard InChI is InChI=1S/C29H22BrN3O3/c30-23-13-10-20(11-14-23)18-35-26-15-12-21-5-1-2-8-24(21)25(26)17-32-33-28(34)19-36-27-9-3-6-22-7-4-16-31-29(22)27/h1-17H,18-19H2,(H,33,34)/b32-17+. The fraction of sp³-hybridized carbons (Fsp3) is 0.0690. The Bertz CT molecular complexity index is 1550. The van der Waals surface area contributed by atoms with Gasteiger partial charge in [0.15, 0.2) is 6.61 Å². The zero-order chi connectivity index (χ0) is 24.7. The number of halogens is 1. The van der Waals surface area contributed by atoms with Crippen molar-refractivity contribution >= 4 is 49.7 Å². The van der Waals surface area contributed by atoms with Crippen molar-refractivity contribution in [2.24, 2.45) is 5.10 Å². The minimum absolute atomic E-state index is 0.185. The summed E-state index contributed by atoms with van der Waals surface area (Å²) in [5.41, 5.74) is 5.08. The smallest absolute Gasteiger partial charge is 0.277 e.